The number of anilines is 1. The maximum Gasteiger partial charge on any atom is 0.417 e. The van der Waals surface area contributed by atoms with Crippen LogP contribution in [-0.4, -0.2) is 17.4 Å². The van der Waals surface area contributed by atoms with E-state index in [0.29, 0.717) is 18.8 Å². The number of aromatic nitrogens is 1. The van der Waals surface area contributed by atoms with E-state index in [2.05, 4.69) is 4.98 Å². The van der Waals surface area contributed by atoms with Crippen LogP contribution in [0.25, 0.3) is 0 Å². The largest absolute Gasteiger partial charge is 0.417 e. The van der Waals surface area contributed by atoms with Crippen molar-refractivity contribution in [2.45, 2.75) is 25.4 Å². The van der Waals surface area contributed by atoms with Crippen LogP contribution in [0.4, 0.5) is 19.0 Å². The second-order valence-electron chi connectivity index (χ2n) is 3.91. The van der Waals surface area contributed by atoms with E-state index in [1.165, 1.54) is 11.0 Å². The average Bonchev–Trinajstić information content (AvgIpc) is 2.29. The molecule has 2 rings (SSSR count). The highest BCUT2D eigenvalue weighted by molar-refractivity contribution is 5.92. The molecule has 0 N–H and O–H groups in total. The van der Waals surface area contributed by atoms with Crippen molar-refractivity contribution >= 4 is 11.7 Å². The maximum atomic E-state index is 12.3. The first-order valence-corrected chi connectivity index (χ1v) is 5.32. The Bertz CT molecular complexity index is 414. The molecule has 1 aromatic rings. The molecule has 0 spiro atoms. The number of carbonyl (C=O) groups excluding carboxylic acids is 1. The lowest BCUT2D eigenvalue weighted by molar-refractivity contribution is -0.137. The van der Waals surface area contributed by atoms with Crippen LogP contribution in [-0.2, 0) is 11.0 Å². The number of hydrogen-bond donors (Lipinski definition) is 0. The Morgan fingerprint density at radius 3 is 2.53 bits per heavy atom. The van der Waals surface area contributed by atoms with E-state index in [-0.39, 0.29) is 5.91 Å². The molecule has 0 bridgehead atoms. The van der Waals surface area contributed by atoms with Crippen LogP contribution in [0.1, 0.15) is 24.8 Å². The van der Waals surface area contributed by atoms with E-state index >= 15 is 0 Å². The Balaban J connectivity index is 2.20. The summed E-state index contributed by atoms with van der Waals surface area (Å²) in [5.41, 5.74) is -0.800. The normalized spacial score (nSPS) is 17.4. The van der Waals surface area contributed by atoms with Gasteiger partial charge in [0.05, 0.1) is 5.56 Å². The fraction of sp³-hybridized carbons (Fsp3) is 0.455. The number of alkyl halides is 3. The maximum absolute atomic E-state index is 12.3. The summed E-state index contributed by atoms with van der Waals surface area (Å²) in [6.45, 7) is 0.525. The lowest BCUT2D eigenvalue weighted by atomic mass is 10.1. The summed E-state index contributed by atoms with van der Waals surface area (Å²) in [6.07, 6.45) is -1.51. The van der Waals surface area contributed by atoms with Crippen LogP contribution >= 0.6 is 0 Å². The van der Waals surface area contributed by atoms with Gasteiger partial charge >= 0.3 is 6.18 Å². The van der Waals surface area contributed by atoms with Gasteiger partial charge in [0.1, 0.15) is 5.82 Å². The smallest absolute Gasteiger partial charge is 0.297 e. The van der Waals surface area contributed by atoms with Crippen molar-refractivity contribution in [3.05, 3.63) is 23.9 Å². The highest BCUT2D eigenvalue weighted by Gasteiger charge is 2.31. The third-order valence-corrected chi connectivity index (χ3v) is 2.68. The zero-order chi connectivity index (χ0) is 12.5. The van der Waals surface area contributed by atoms with Crippen molar-refractivity contribution in [2.24, 2.45) is 0 Å². The van der Waals surface area contributed by atoms with Gasteiger partial charge in [-0.25, -0.2) is 4.98 Å². The molecule has 92 valence electrons. The Hall–Kier alpha value is -1.59. The van der Waals surface area contributed by atoms with Gasteiger partial charge in [-0.05, 0) is 25.0 Å². The van der Waals surface area contributed by atoms with Crippen LogP contribution in [0.5, 0.6) is 0 Å². The summed E-state index contributed by atoms with van der Waals surface area (Å²) in [7, 11) is 0. The minimum absolute atomic E-state index is 0.0801. The summed E-state index contributed by atoms with van der Waals surface area (Å²) in [5.74, 6) is 0.214. The molecule has 6 heteroatoms. The van der Waals surface area contributed by atoms with Gasteiger partial charge in [-0.2, -0.15) is 13.2 Å². The molecule has 2 heterocycles. The third kappa shape index (κ3) is 2.57. The van der Waals surface area contributed by atoms with Crippen molar-refractivity contribution in [3.8, 4) is 0 Å². The molecule has 1 aromatic heterocycles. The molecule has 1 amide bonds. The van der Waals surface area contributed by atoms with Gasteiger partial charge in [-0.15, -0.1) is 0 Å². The van der Waals surface area contributed by atoms with Gasteiger partial charge in [0.15, 0.2) is 0 Å². The van der Waals surface area contributed by atoms with Crippen molar-refractivity contribution < 1.29 is 18.0 Å². The fourth-order valence-corrected chi connectivity index (χ4v) is 1.76. The molecular formula is C11H11F3N2O. The zero-order valence-electron chi connectivity index (χ0n) is 9.00. The number of piperidine rings is 1. The van der Waals surface area contributed by atoms with E-state index in [9.17, 15) is 18.0 Å². The third-order valence-electron chi connectivity index (χ3n) is 2.68. The molecule has 0 aliphatic carbocycles. The molecule has 17 heavy (non-hydrogen) atoms. The van der Waals surface area contributed by atoms with Crippen LogP contribution in [0.3, 0.4) is 0 Å². The standard InChI is InChI=1S/C11H11F3N2O/c12-11(13,14)8-4-5-9(15-7-8)16-6-2-1-3-10(16)17/h4-5,7H,1-3,6H2. The van der Waals surface area contributed by atoms with Gasteiger partial charge in [0.2, 0.25) is 5.91 Å². The second kappa shape index (κ2) is 4.35. The molecule has 0 unspecified atom stereocenters. The van der Waals surface area contributed by atoms with Crippen molar-refractivity contribution in [1.82, 2.24) is 4.98 Å². The Labute approximate surface area is 96.3 Å². The van der Waals surface area contributed by atoms with E-state index in [1.807, 2.05) is 0 Å². The number of nitrogens with zero attached hydrogens (tertiary/aromatic N) is 2. The summed E-state index contributed by atoms with van der Waals surface area (Å²) in [4.78, 5) is 16.7. The van der Waals surface area contributed by atoms with Crippen molar-refractivity contribution in [1.29, 1.82) is 0 Å². The molecule has 3 nitrogen and oxygen atoms in total. The van der Waals surface area contributed by atoms with Crippen LogP contribution < -0.4 is 4.90 Å². The van der Waals surface area contributed by atoms with Gasteiger partial charge in [-0.1, -0.05) is 0 Å². The Morgan fingerprint density at radius 1 is 1.24 bits per heavy atom. The van der Waals surface area contributed by atoms with E-state index in [1.54, 1.807) is 0 Å². The van der Waals surface area contributed by atoms with Gasteiger partial charge < -0.3 is 0 Å². The van der Waals surface area contributed by atoms with E-state index < -0.39 is 11.7 Å². The van der Waals surface area contributed by atoms with Gasteiger partial charge in [0, 0.05) is 19.2 Å². The number of carbonyl (C=O) groups is 1. The van der Waals surface area contributed by atoms with Crippen LogP contribution in [0, 0.1) is 0 Å². The first-order valence-electron chi connectivity index (χ1n) is 5.32. The molecule has 1 saturated heterocycles. The van der Waals surface area contributed by atoms with E-state index in [0.717, 1.165) is 25.1 Å². The predicted molar refractivity (Wildman–Crippen MR) is 55.4 cm³/mol. The molecule has 1 fully saturated rings. The molecule has 1 aliphatic heterocycles. The first kappa shape index (κ1) is 11.9. The molecule has 0 saturated carbocycles. The number of rotatable bonds is 1. The molecule has 0 radical (unpaired) electrons. The highest BCUT2D eigenvalue weighted by Crippen LogP contribution is 2.29. The number of pyridine rings is 1. The highest BCUT2D eigenvalue weighted by atomic mass is 19.4. The molecular weight excluding hydrogens is 233 g/mol. The predicted octanol–water partition coefficient (Wildman–Crippen LogP) is 2.62. The zero-order valence-corrected chi connectivity index (χ0v) is 9.00. The lowest BCUT2D eigenvalue weighted by Crippen LogP contribution is -2.35. The minimum atomic E-state index is -4.39. The average molecular weight is 244 g/mol. The quantitative estimate of drug-likeness (QED) is 0.760. The topological polar surface area (TPSA) is 33.2 Å². The fourth-order valence-electron chi connectivity index (χ4n) is 1.76. The summed E-state index contributed by atoms with van der Waals surface area (Å²) in [5, 5.41) is 0. The lowest BCUT2D eigenvalue weighted by Gasteiger charge is -2.25. The first-order chi connectivity index (χ1) is 7.98. The minimum Gasteiger partial charge on any atom is -0.297 e. The van der Waals surface area contributed by atoms with E-state index in [4.69, 9.17) is 0 Å². The van der Waals surface area contributed by atoms with Gasteiger partial charge in [-0.3, -0.25) is 9.69 Å². The second-order valence-corrected chi connectivity index (χ2v) is 3.91. The molecule has 0 atom stereocenters. The summed E-state index contributed by atoms with van der Waals surface area (Å²) >= 11 is 0. The van der Waals surface area contributed by atoms with Gasteiger partial charge in [0.25, 0.3) is 0 Å². The SMILES string of the molecule is O=C1CCCCN1c1ccc(C(F)(F)F)cn1. The molecule has 0 aromatic carbocycles. The van der Waals surface area contributed by atoms with Crippen LogP contribution in [0.2, 0.25) is 0 Å². The summed E-state index contributed by atoms with van der Waals surface area (Å²) in [6, 6.07) is 2.19. The van der Waals surface area contributed by atoms with Crippen molar-refractivity contribution in [2.75, 3.05) is 11.4 Å². The van der Waals surface area contributed by atoms with Crippen LogP contribution in [0.15, 0.2) is 18.3 Å². The number of hydrogen-bond acceptors (Lipinski definition) is 2. The Kier molecular flexibility index (Phi) is 3.04. The number of halogens is 3. The van der Waals surface area contributed by atoms with Crippen molar-refractivity contribution in [3.63, 3.8) is 0 Å². The number of amides is 1. The molecule has 1 aliphatic rings. The monoisotopic (exact) mass is 244 g/mol. The Morgan fingerprint density at radius 2 is 2.00 bits per heavy atom. The summed E-state index contributed by atoms with van der Waals surface area (Å²) < 4.78 is 37.0.